The number of carbonyl (C=O) groups excluding carboxylic acids is 6. The van der Waals surface area contributed by atoms with Gasteiger partial charge in [-0.05, 0) is 122 Å². The molecular weight excluding hydrogens is 1120 g/mol. The van der Waals surface area contributed by atoms with Crippen molar-refractivity contribution < 1.29 is 66.5 Å². The van der Waals surface area contributed by atoms with Crippen molar-refractivity contribution in [2.24, 2.45) is 0 Å². The molecule has 8 rings (SSSR count). The fourth-order valence-corrected chi connectivity index (χ4v) is 7.73. The molecule has 3 heterocycles. The Kier molecular flexibility index (Phi) is 22.5. The van der Waals surface area contributed by atoms with Gasteiger partial charge in [0.25, 0.3) is 29.5 Å². The molecule has 442 valence electrons. The minimum Gasteiger partial charge on any atom is -0.478 e. The maximum absolute atomic E-state index is 13.4. The fourth-order valence-electron chi connectivity index (χ4n) is 7.73. The summed E-state index contributed by atoms with van der Waals surface area (Å²) in [6.45, 7) is 8.98. The summed E-state index contributed by atoms with van der Waals surface area (Å²) in [5, 5.41) is 31.3. The first-order valence-electron chi connectivity index (χ1n) is 25.9. The van der Waals surface area contributed by atoms with Gasteiger partial charge in [-0.2, -0.15) is 0 Å². The Morgan fingerprint density at radius 1 is 0.419 bits per heavy atom. The molecule has 0 saturated heterocycles. The number of nitrogens with zero attached hydrogens (tertiary/aromatic N) is 6. The van der Waals surface area contributed by atoms with Crippen LogP contribution in [-0.4, -0.2) is 94.7 Å². The molecule has 2 atom stereocenters. The predicted octanol–water partition coefficient (Wildman–Crippen LogP) is 7.73. The highest BCUT2D eigenvalue weighted by Crippen LogP contribution is 2.18. The number of carboxylic acids is 2. The summed E-state index contributed by atoms with van der Waals surface area (Å²) in [5.41, 5.74) is 5.48. The second-order valence-corrected chi connectivity index (χ2v) is 18.9. The highest BCUT2D eigenvalue weighted by molar-refractivity contribution is 5.98. The molecule has 22 nitrogen and oxygen atoms in total. The largest absolute Gasteiger partial charge is 0.478 e. The van der Waals surface area contributed by atoms with Crippen molar-refractivity contribution in [3.05, 3.63) is 248 Å². The average molecular weight is 1180 g/mol. The lowest BCUT2D eigenvalue weighted by molar-refractivity contribution is 0.0598. The number of hydrogen-bond acceptors (Lipinski definition) is 15. The van der Waals surface area contributed by atoms with E-state index in [1.54, 1.807) is 107 Å². The first kappa shape index (κ1) is 64.1. The van der Waals surface area contributed by atoms with Crippen molar-refractivity contribution in [2.45, 2.75) is 66.3 Å². The average Bonchev–Trinajstić information content (AvgIpc) is 3.71. The van der Waals surface area contributed by atoms with E-state index in [2.05, 4.69) is 61.2 Å². The van der Waals surface area contributed by atoms with E-state index >= 15 is 0 Å². The maximum atomic E-state index is 13.4. The highest BCUT2D eigenvalue weighted by Gasteiger charge is 2.20. The Morgan fingerprint density at radius 3 is 1.02 bits per heavy atom. The van der Waals surface area contributed by atoms with Crippen LogP contribution in [0.4, 0.5) is 13.2 Å². The Bertz CT molecular complexity index is 3820. The van der Waals surface area contributed by atoms with Gasteiger partial charge in [-0.15, -0.1) is 0 Å². The Labute approximate surface area is 489 Å². The van der Waals surface area contributed by atoms with Gasteiger partial charge in [0.15, 0.2) is 5.69 Å². The summed E-state index contributed by atoms with van der Waals surface area (Å²) >= 11 is 0. The van der Waals surface area contributed by atoms with E-state index in [0.29, 0.717) is 27.8 Å². The molecule has 86 heavy (non-hydrogen) atoms. The maximum Gasteiger partial charge on any atom is 0.354 e. The summed E-state index contributed by atoms with van der Waals surface area (Å²) in [4.78, 5) is 118. The number of amides is 5. The molecule has 0 bridgehead atoms. The van der Waals surface area contributed by atoms with Crippen molar-refractivity contribution in [1.82, 2.24) is 56.5 Å². The van der Waals surface area contributed by atoms with Crippen molar-refractivity contribution in [3.63, 3.8) is 0 Å². The zero-order valence-corrected chi connectivity index (χ0v) is 46.9. The molecule has 0 aliphatic heterocycles. The SMILES string of the molecule is COC(=O)c1ccc([C@H](C)NC(=O)c2cc(C(=O)NCc3ccc(F)c(C)c3)ncn2)cc1.Cc1cc(CNC(=O)c2cc(C(=O)N[C@@H](C)c3ccc(C(=O)O)cc3)ncn2)ccc1F.Cc1cc(CNC(=O)c2cc(C(=O)O)ncn2)ccc1F. The molecule has 8 aromatic rings. The van der Waals surface area contributed by atoms with Crippen molar-refractivity contribution in [2.75, 3.05) is 7.11 Å². The second-order valence-electron chi connectivity index (χ2n) is 18.9. The molecule has 3 aromatic heterocycles. The zero-order valence-electron chi connectivity index (χ0n) is 46.9. The number of benzene rings is 5. The van der Waals surface area contributed by atoms with Gasteiger partial charge >= 0.3 is 17.9 Å². The highest BCUT2D eigenvalue weighted by atomic mass is 19.1. The minimum absolute atomic E-state index is 0.0109. The van der Waals surface area contributed by atoms with E-state index in [-0.39, 0.29) is 82.9 Å². The normalized spacial score (nSPS) is 11.1. The van der Waals surface area contributed by atoms with E-state index < -0.39 is 53.5 Å². The van der Waals surface area contributed by atoms with Crippen LogP contribution in [-0.2, 0) is 24.4 Å². The van der Waals surface area contributed by atoms with Crippen LogP contribution in [0, 0.1) is 38.2 Å². The number of nitrogens with one attached hydrogen (secondary N) is 5. The van der Waals surface area contributed by atoms with Crippen molar-refractivity contribution >= 4 is 47.4 Å². The number of carboxylic acid groups (broad SMARTS) is 2. The third-order valence-electron chi connectivity index (χ3n) is 12.6. The molecule has 0 fully saturated rings. The van der Waals surface area contributed by atoms with Gasteiger partial charge in [0.2, 0.25) is 0 Å². The summed E-state index contributed by atoms with van der Waals surface area (Å²) in [6, 6.07) is 29.3. The van der Waals surface area contributed by atoms with Crippen LogP contribution in [0.3, 0.4) is 0 Å². The lowest BCUT2D eigenvalue weighted by Crippen LogP contribution is -2.29. The van der Waals surface area contributed by atoms with Crippen LogP contribution in [0.5, 0.6) is 0 Å². The van der Waals surface area contributed by atoms with Gasteiger partial charge in [-0.25, -0.2) is 57.5 Å². The number of aryl methyl sites for hydroxylation is 3. The molecule has 5 aromatic carbocycles. The first-order valence-corrected chi connectivity index (χ1v) is 25.9. The second kappa shape index (κ2) is 30.3. The van der Waals surface area contributed by atoms with Crippen molar-refractivity contribution in [3.8, 4) is 0 Å². The third kappa shape index (κ3) is 18.5. The number of halogens is 3. The summed E-state index contributed by atoms with van der Waals surface area (Å²) < 4.78 is 44.5. The number of carbonyl (C=O) groups is 8. The van der Waals surface area contributed by atoms with Crippen LogP contribution >= 0.6 is 0 Å². The summed E-state index contributed by atoms with van der Waals surface area (Å²) in [6.07, 6.45) is 3.28. The van der Waals surface area contributed by atoms with Crippen LogP contribution < -0.4 is 26.6 Å². The number of aromatic nitrogens is 6. The van der Waals surface area contributed by atoms with E-state index in [1.807, 2.05) is 0 Å². The Morgan fingerprint density at radius 2 is 0.721 bits per heavy atom. The smallest absolute Gasteiger partial charge is 0.354 e. The summed E-state index contributed by atoms with van der Waals surface area (Å²) in [7, 11) is 1.30. The minimum atomic E-state index is -1.24. The van der Waals surface area contributed by atoms with Gasteiger partial charge in [0.1, 0.15) is 64.9 Å². The number of aromatic carboxylic acids is 2. The predicted molar refractivity (Wildman–Crippen MR) is 303 cm³/mol. The standard InChI is InChI=1S/C24H23FN4O4.C23H21FN4O4.C14H12FN3O3/c1-14-10-16(4-9-19(14)25)12-26-22(30)20-11-21(28-13-27-20)23(31)29-15(2)17-5-7-18(8-6-17)24(32)33-3;1-13-9-15(3-8-18(13)24)11-25-21(29)19-10-20(27-12-26-19)22(30)28-14(2)16-4-6-17(7-5-16)23(31)32;1-8-4-9(2-3-10(8)15)6-16-13(19)11-5-12(14(20)21)18-7-17-11/h4-11,13,15H,12H2,1-3H3,(H,26,30)(H,29,31);3-10,12,14H,11H2,1-2H3,(H,25,29)(H,28,30)(H,31,32);2-5,7H,6H2,1H3,(H,16,19)(H,20,21)/t15-;14-;/m00./s1. The quantitative estimate of drug-likeness (QED) is 0.0404. The van der Waals surface area contributed by atoms with E-state index in [1.165, 1.54) is 49.6 Å². The lowest BCUT2D eigenvalue weighted by atomic mass is 10.1. The number of hydrogen-bond donors (Lipinski definition) is 7. The van der Waals surface area contributed by atoms with Gasteiger partial charge in [-0.3, -0.25) is 24.0 Å². The van der Waals surface area contributed by atoms with Gasteiger partial charge in [0.05, 0.1) is 30.3 Å². The Hall–Kier alpha value is -11.1. The molecule has 0 aliphatic rings. The number of esters is 1. The van der Waals surface area contributed by atoms with Gasteiger partial charge in [0, 0.05) is 37.8 Å². The topological polar surface area (TPSA) is 324 Å². The molecule has 7 N–H and O–H groups in total. The zero-order chi connectivity index (χ0) is 62.6. The van der Waals surface area contributed by atoms with E-state index in [0.717, 1.165) is 47.3 Å². The number of rotatable bonds is 18. The molecular formula is C61H56F3N11O11. The van der Waals surface area contributed by atoms with Crippen LogP contribution in [0.15, 0.2) is 140 Å². The van der Waals surface area contributed by atoms with Gasteiger partial charge < -0.3 is 41.5 Å². The monoisotopic (exact) mass is 1180 g/mol. The molecule has 0 saturated carbocycles. The molecule has 25 heteroatoms. The van der Waals surface area contributed by atoms with Crippen molar-refractivity contribution in [1.29, 1.82) is 0 Å². The van der Waals surface area contributed by atoms with Gasteiger partial charge in [-0.1, -0.05) is 60.7 Å². The molecule has 0 radical (unpaired) electrons. The summed E-state index contributed by atoms with van der Waals surface area (Å²) in [5.74, 6) is -6.16. The van der Waals surface area contributed by atoms with Crippen LogP contribution in [0.2, 0.25) is 0 Å². The fraction of sp³-hybridized carbons (Fsp3) is 0.180. The molecule has 0 aliphatic carbocycles. The number of ether oxygens (including phenoxy) is 1. The van der Waals surface area contributed by atoms with Crippen LogP contribution in [0.25, 0.3) is 0 Å². The third-order valence-corrected chi connectivity index (χ3v) is 12.6. The first-order chi connectivity index (χ1) is 41.0. The van der Waals surface area contributed by atoms with Crippen LogP contribution in [0.1, 0.15) is 154 Å². The number of methoxy groups -OCH3 is 1. The molecule has 0 unspecified atom stereocenters. The van der Waals surface area contributed by atoms with E-state index in [9.17, 15) is 51.5 Å². The lowest BCUT2D eigenvalue weighted by Gasteiger charge is -2.14. The molecule has 5 amide bonds. The Balaban J connectivity index is 0.000000212. The molecule has 0 spiro atoms. The van der Waals surface area contributed by atoms with E-state index in [4.69, 9.17) is 10.2 Å².